The first-order valence-corrected chi connectivity index (χ1v) is 7.67. The number of rotatable bonds is 5. The predicted molar refractivity (Wildman–Crippen MR) is 88.7 cm³/mol. The fourth-order valence-electron chi connectivity index (χ4n) is 2.70. The SMILES string of the molecule is Nc1c(NCC2CCCO2)c(=O)[nH]c(=O)n1Cc1ccccc1. The van der Waals surface area contributed by atoms with E-state index in [0.717, 1.165) is 25.0 Å². The molecule has 1 aliphatic rings. The predicted octanol–water partition coefficient (Wildman–Crippen LogP) is 0.758. The third-order valence-corrected chi connectivity index (χ3v) is 3.95. The molecule has 0 aliphatic carbocycles. The molecule has 7 heteroatoms. The molecule has 2 heterocycles. The lowest BCUT2D eigenvalue weighted by Crippen LogP contribution is -2.35. The molecule has 3 rings (SSSR count). The lowest BCUT2D eigenvalue weighted by atomic mass is 10.2. The van der Waals surface area contributed by atoms with Crippen molar-refractivity contribution in [2.75, 3.05) is 24.2 Å². The number of H-pyrrole nitrogens is 1. The number of hydrogen-bond acceptors (Lipinski definition) is 5. The number of aromatic amines is 1. The molecule has 1 unspecified atom stereocenters. The molecule has 122 valence electrons. The fraction of sp³-hybridized carbons (Fsp3) is 0.375. The van der Waals surface area contributed by atoms with Crippen LogP contribution in [-0.4, -0.2) is 28.8 Å². The van der Waals surface area contributed by atoms with Gasteiger partial charge in [0, 0.05) is 13.2 Å². The van der Waals surface area contributed by atoms with E-state index in [-0.39, 0.29) is 17.6 Å². The zero-order chi connectivity index (χ0) is 16.2. The van der Waals surface area contributed by atoms with Crippen LogP contribution in [0.2, 0.25) is 0 Å². The Hall–Kier alpha value is -2.54. The molecular formula is C16H20N4O3. The fourth-order valence-corrected chi connectivity index (χ4v) is 2.70. The lowest BCUT2D eigenvalue weighted by molar-refractivity contribution is 0.120. The van der Waals surface area contributed by atoms with Gasteiger partial charge in [0.25, 0.3) is 5.56 Å². The summed E-state index contributed by atoms with van der Waals surface area (Å²) in [5.41, 5.74) is 6.19. The molecule has 0 spiro atoms. The first-order chi connectivity index (χ1) is 11.1. The van der Waals surface area contributed by atoms with E-state index in [1.54, 1.807) is 0 Å². The van der Waals surface area contributed by atoms with E-state index in [1.165, 1.54) is 4.57 Å². The molecule has 0 bridgehead atoms. The van der Waals surface area contributed by atoms with Crippen molar-refractivity contribution in [1.29, 1.82) is 0 Å². The van der Waals surface area contributed by atoms with Gasteiger partial charge < -0.3 is 15.8 Å². The first-order valence-electron chi connectivity index (χ1n) is 7.67. The van der Waals surface area contributed by atoms with Crippen LogP contribution in [0.5, 0.6) is 0 Å². The second-order valence-electron chi connectivity index (χ2n) is 5.61. The van der Waals surface area contributed by atoms with Gasteiger partial charge in [0.15, 0.2) is 0 Å². The highest BCUT2D eigenvalue weighted by atomic mass is 16.5. The van der Waals surface area contributed by atoms with Crippen LogP contribution in [0, 0.1) is 0 Å². The largest absolute Gasteiger partial charge is 0.383 e. The summed E-state index contributed by atoms with van der Waals surface area (Å²) in [6.07, 6.45) is 2.04. The highest BCUT2D eigenvalue weighted by molar-refractivity contribution is 5.60. The number of ether oxygens (including phenoxy) is 1. The van der Waals surface area contributed by atoms with Crippen LogP contribution in [0.25, 0.3) is 0 Å². The van der Waals surface area contributed by atoms with Crippen molar-refractivity contribution in [1.82, 2.24) is 9.55 Å². The van der Waals surface area contributed by atoms with E-state index in [1.807, 2.05) is 30.3 Å². The number of hydrogen-bond donors (Lipinski definition) is 3. The zero-order valence-corrected chi connectivity index (χ0v) is 12.7. The Morgan fingerprint density at radius 3 is 2.78 bits per heavy atom. The van der Waals surface area contributed by atoms with Crippen molar-refractivity contribution in [3.8, 4) is 0 Å². The summed E-state index contributed by atoms with van der Waals surface area (Å²) in [4.78, 5) is 26.4. The van der Waals surface area contributed by atoms with Crippen LogP contribution < -0.4 is 22.3 Å². The number of anilines is 2. The van der Waals surface area contributed by atoms with Crippen LogP contribution in [-0.2, 0) is 11.3 Å². The summed E-state index contributed by atoms with van der Waals surface area (Å²) in [5, 5.41) is 3.02. The van der Waals surface area contributed by atoms with Gasteiger partial charge >= 0.3 is 5.69 Å². The van der Waals surface area contributed by atoms with Gasteiger partial charge in [-0.25, -0.2) is 4.79 Å². The van der Waals surface area contributed by atoms with E-state index in [4.69, 9.17) is 10.5 Å². The highest BCUT2D eigenvalue weighted by Gasteiger charge is 2.18. The van der Waals surface area contributed by atoms with Crippen molar-refractivity contribution < 1.29 is 4.74 Å². The molecule has 1 aromatic carbocycles. The van der Waals surface area contributed by atoms with E-state index in [0.29, 0.717) is 13.1 Å². The Kier molecular flexibility index (Phi) is 4.47. The molecular weight excluding hydrogens is 296 g/mol. The van der Waals surface area contributed by atoms with Crippen molar-refractivity contribution in [2.24, 2.45) is 0 Å². The molecule has 7 nitrogen and oxygen atoms in total. The van der Waals surface area contributed by atoms with Crippen molar-refractivity contribution >= 4 is 11.5 Å². The summed E-state index contributed by atoms with van der Waals surface area (Å²) in [5.74, 6) is 0.139. The average Bonchev–Trinajstić information content (AvgIpc) is 3.05. The van der Waals surface area contributed by atoms with Gasteiger partial charge in [-0.3, -0.25) is 14.3 Å². The lowest BCUT2D eigenvalue weighted by Gasteiger charge is -2.16. The van der Waals surface area contributed by atoms with Crippen molar-refractivity contribution in [2.45, 2.75) is 25.5 Å². The topological polar surface area (TPSA) is 102 Å². The molecule has 1 aromatic heterocycles. The second kappa shape index (κ2) is 6.70. The van der Waals surface area contributed by atoms with E-state index >= 15 is 0 Å². The molecule has 4 N–H and O–H groups in total. The van der Waals surface area contributed by atoms with Crippen molar-refractivity contribution in [3.05, 3.63) is 56.7 Å². The third kappa shape index (κ3) is 3.45. The van der Waals surface area contributed by atoms with Crippen LogP contribution in [0.3, 0.4) is 0 Å². The quantitative estimate of drug-likeness (QED) is 0.756. The highest BCUT2D eigenvalue weighted by Crippen LogP contribution is 2.15. The smallest absolute Gasteiger partial charge is 0.330 e. The van der Waals surface area contributed by atoms with Gasteiger partial charge in [0.1, 0.15) is 11.5 Å². The van der Waals surface area contributed by atoms with Gasteiger partial charge in [0.05, 0.1) is 12.6 Å². The maximum Gasteiger partial charge on any atom is 0.330 e. The Morgan fingerprint density at radius 1 is 1.30 bits per heavy atom. The normalized spacial score (nSPS) is 17.3. The minimum absolute atomic E-state index is 0.0725. The van der Waals surface area contributed by atoms with Crippen LogP contribution >= 0.6 is 0 Å². The minimum Gasteiger partial charge on any atom is -0.383 e. The van der Waals surface area contributed by atoms with Crippen LogP contribution in [0.4, 0.5) is 11.5 Å². The number of benzene rings is 1. The van der Waals surface area contributed by atoms with Gasteiger partial charge in [-0.15, -0.1) is 0 Å². The molecule has 2 aromatic rings. The Morgan fingerprint density at radius 2 is 2.09 bits per heavy atom. The summed E-state index contributed by atoms with van der Waals surface area (Å²) in [7, 11) is 0. The molecule has 0 radical (unpaired) electrons. The number of nitrogens with two attached hydrogens (primary N) is 1. The van der Waals surface area contributed by atoms with Crippen LogP contribution in [0.15, 0.2) is 39.9 Å². The number of nitrogens with one attached hydrogen (secondary N) is 2. The number of nitrogens with zero attached hydrogens (tertiary/aromatic N) is 1. The Bertz CT molecular complexity index is 776. The Labute approximate surface area is 133 Å². The summed E-state index contributed by atoms with van der Waals surface area (Å²) < 4.78 is 6.88. The van der Waals surface area contributed by atoms with Gasteiger partial charge in [-0.1, -0.05) is 30.3 Å². The van der Waals surface area contributed by atoms with E-state index < -0.39 is 11.2 Å². The van der Waals surface area contributed by atoms with E-state index in [2.05, 4.69) is 10.3 Å². The molecule has 23 heavy (non-hydrogen) atoms. The van der Waals surface area contributed by atoms with Gasteiger partial charge in [-0.05, 0) is 18.4 Å². The molecule has 1 saturated heterocycles. The van der Waals surface area contributed by atoms with E-state index in [9.17, 15) is 9.59 Å². The second-order valence-corrected chi connectivity index (χ2v) is 5.61. The zero-order valence-electron chi connectivity index (χ0n) is 12.7. The van der Waals surface area contributed by atoms with Gasteiger partial charge in [0.2, 0.25) is 0 Å². The third-order valence-electron chi connectivity index (χ3n) is 3.95. The minimum atomic E-state index is -0.515. The standard InChI is InChI=1S/C16H20N4O3/c17-14-13(18-9-12-7-4-8-23-12)15(21)19-16(22)20(14)10-11-5-2-1-3-6-11/h1-3,5-6,12,18H,4,7-10,17H2,(H,19,21,22). The molecule has 1 fully saturated rings. The maximum atomic E-state index is 12.1. The summed E-state index contributed by atoms with van der Waals surface area (Å²) >= 11 is 0. The monoisotopic (exact) mass is 316 g/mol. The number of aromatic nitrogens is 2. The molecule has 0 amide bonds. The van der Waals surface area contributed by atoms with Crippen molar-refractivity contribution in [3.63, 3.8) is 0 Å². The first kappa shape index (κ1) is 15.4. The molecule has 1 aliphatic heterocycles. The van der Waals surface area contributed by atoms with Gasteiger partial charge in [-0.2, -0.15) is 0 Å². The summed E-state index contributed by atoms with van der Waals surface area (Å²) in [6.45, 7) is 1.54. The molecule has 1 atom stereocenters. The Balaban J connectivity index is 1.86. The van der Waals surface area contributed by atoms with Crippen LogP contribution in [0.1, 0.15) is 18.4 Å². The average molecular weight is 316 g/mol. The maximum absolute atomic E-state index is 12.1. The summed E-state index contributed by atoms with van der Waals surface area (Å²) in [6, 6.07) is 9.47. The molecule has 0 saturated carbocycles. The number of nitrogen functional groups attached to an aromatic ring is 1.